The third-order valence-electron chi connectivity index (χ3n) is 0.154. The van der Waals surface area contributed by atoms with E-state index in [2.05, 4.69) is 0 Å². The van der Waals surface area contributed by atoms with Crippen LogP contribution in [0, 0.1) is 0 Å². The number of hydrogen-bond donors (Lipinski definition) is 0. The van der Waals surface area contributed by atoms with Crippen LogP contribution in [0.15, 0.2) is 0 Å². The monoisotopic (exact) mass is 77.0 g/mol. The molecule has 0 nitrogen and oxygen atoms in total. The Labute approximate surface area is 28.0 Å². The van der Waals surface area contributed by atoms with E-state index in [9.17, 15) is 4.11 Å². The Bertz CT molecular complexity index is 8.00. The lowest BCUT2D eigenvalue weighted by atomic mass is 11.0. The molecule has 0 aromatic carbocycles. The molecular weight excluding hydrogens is 71.1 g/mol. The first-order valence-electron chi connectivity index (χ1n) is 1.33. The second-order valence-electron chi connectivity index (χ2n) is 0.563. The van der Waals surface area contributed by atoms with Gasteiger partial charge in [-0.15, -0.1) is 0 Å². The highest BCUT2D eigenvalue weighted by Crippen LogP contribution is 1.67. The summed E-state index contributed by atoms with van der Waals surface area (Å²) < 4.78 is 10.8. The smallest absolute Gasteiger partial charge is 0.252 e. The molecule has 0 unspecified atom stereocenters. The van der Waals surface area contributed by atoms with Gasteiger partial charge in [-0.3, -0.25) is 0 Å². The Hall–Kier alpha value is 0.147. The number of rotatable bonds is 1. The van der Waals surface area contributed by atoms with Gasteiger partial charge in [0.15, 0.2) is 0 Å². The van der Waals surface area contributed by atoms with Gasteiger partial charge < -0.3 is 4.11 Å². The molecule has 0 aliphatic rings. The third-order valence-corrected chi connectivity index (χ3v) is 0.463. The van der Waals surface area contributed by atoms with Gasteiger partial charge in [0.2, 0.25) is 0 Å². The maximum Gasteiger partial charge on any atom is 0.252 e. The van der Waals surface area contributed by atoms with Gasteiger partial charge in [0.1, 0.15) is 0 Å². The zero-order chi connectivity index (χ0) is 3.41. The number of halogens is 1. The first-order valence-corrected chi connectivity index (χ1v) is 2.59. The van der Waals surface area contributed by atoms with E-state index in [1.807, 2.05) is 6.92 Å². The fourth-order valence-electron chi connectivity index (χ4n) is 0. The van der Waals surface area contributed by atoms with Crippen LogP contribution >= 0.6 is 0 Å². The van der Waals surface area contributed by atoms with E-state index in [0.717, 1.165) is 6.04 Å². The Kier molecular flexibility index (Phi) is 3.26. The van der Waals surface area contributed by atoms with Crippen molar-refractivity contribution < 1.29 is 4.11 Å². The van der Waals surface area contributed by atoms with E-state index in [0.29, 0.717) is 0 Å². The molecule has 0 rings (SSSR count). The molecule has 0 aliphatic heterocycles. The fraction of sp³-hybridized carbons (Fsp3) is 1.00. The van der Waals surface area contributed by atoms with Crippen molar-refractivity contribution in [2.75, 3.05) is 0 Å². The third kappa shape index (κ3) is 2.15. The first-order chi connectivity index (χ1) is 1.91. The minimum atomic E-state index is -0.718. The molecule has 0 heterocycles. The highest BCUT2D eigenvalue weighted by atomic mass is 28.3. The van der Waals surface area contributed by atoms with Crippen molar-refractivity contribution in [3.05, 3.63) is 0 Å². The molecule has 2 heteroatoms. The minimum absolute atomic E-state index is 0.718. The molecule has 0 fully saturated rings. The predicted octanol–water partition coefficient (Wildman–Crippen LogP) is 0.746. The summed E-state index contributed by atoms with van der Waals surface area (Å²) in [6.07, 6.45) is 0. The largest absolute Gasteiger partial charge is 0.319 e. The van der Waals surface area contributed by atoms with Crippen molar-refractivity contribution in [1.29, 1.82) is 0 Å². The highest BCUT2D eigenvalue weighted by molar-refractivity contribution is 6.25. The van der Waals surface area contributed by atoms with E-state index in [1.165, 1.54) is 0 Å². The lowest BCUT2D eigenvalue weighted by Crippen LogP contribution is -1.64. The highest BCUT2D eigenvalue weighted by Gasteiger charge is 1.66. The Morgan fingerprint density at radius 3 is 2.25 bits per heavy atom. The van der Waals surface area contributed by atoms with Crippen LogP contribution in [0.5, 0.6) is 0 Å². The van der Waals surface area contributed by atoms with Crippen LogP contribution < -0.4 is 0 Å². The molecule has 0 atom stereocenters. The zero-order valence-electron chi connectivity index (χ0n) is 2.66. The lowest BCUT2D eigenvalue weighted by Gasteiger charge is -1.61. The van der Waals surface area contributed by atoms with Crippen LogP contribution in [-0.2, 0) is 0 Å². The summed E-state index contributed by atoms with van der Waals surface area (Å²) in [4.78, 5) is 0. The van der Waals surface area contributed by atoms with E-state index < -0.39 is 9.85 Å². The molecule has 0 aliphatic carbocycles. The van der Waals surface area contributed by atoms with E-state index in [-0.39, 0.29) is 0 Å². The summed E-state index contributed by atoms with van der Waals surface area (Å²) in [6.45, 7) is 1.84. The summed E-state index contributed by atoms with van der Waals surface area (Å²) in [6, 6.07) is 0.736. The van der Waals surface area contributed by atoms with Gasteiger partial charge in [0, 0.05) is 0 Å². The summed E-state index contributed by atoms with van der Waals surface area (Å²) in [5.74, 6) is 0. The summed E-state index contributed by atoms with van der Waals surface area (Å²) in [5.41, 5.74) is 0. The summed E-state index contributed by atoms with van der Waals surface area (Å²) in [7, 11) is -0.718. The molecule has 0 saturated heterocycles. The molecule has 0 aromatic heterocycles. The SMILES string of the molecule is CC[SiH]F. The molecule has 1 radical (unpaired) electrons. The van der Waals surface area contributed by atoms with Crippen LogP contribution in [0.25, 0.3) is 0 Å². The standard InChI is InChI=1S/C2H6FSi/c1-2-4-3/h4H,2H2,1H3. The normalized spacial score (nSPS) is 7.50. The maximum absolute atomic E-state index is 10.8. The van der Waals surface area contributed by atoms with Gasteiger partial charge >= 0.3 is 0 Å². The van der Waals surface area contributed by atoms with Crippen LogP contribution in [0.1, 0.15) is 6.92 Å². The van der Waals surface area contributed by atoms with Crippen molar-refractivity contribution in [3.8, 4) is 0 Å². The van der Waals surface area contributed by atoms with Gasteiger partial charge in [-0.25, -0.2) is 0 Å². The van der Waals surface area contributed by atoms with Gasteiger partial charge in [-0.2, -0.15) is 0 Å². The molecule has 0 bridgehead atoms. The lowest BCUT2D eigenvalue weighted by molar-refractivity contribution is 0.863. The zero-order valence-corrected chi connectivity index (χ0v) is 3.82. The Balaban J connectivity index is 1.97. The van der Waals surface area contributed by atoms with Crippen LogP contribution in [0.4, 0.5) is 4.11 Å². The van der Waals surface area contributed by atoms with E-state index >= 15 is 0 Å². The average molecular weight is 77.2 g/mol. The second-order valence-corrected chi connectivity index (χ2v) is 1.69. The van der Waals surface area contributed by atoms with E-state index in [4.69, 9.17) is 0 Å². The van der Waals surface area contributed by atoms with Crippen molar-refractivity contribution in [1.82, 2.24) is 0 Å². The van der Waals surface area contributed by atoms with Crippen molar-refractivity contribution in [2.24, 2.45) is 0 Å². The van der Waals surface area contributed by atoms with Crippen molar-refractivity contribution in [3.63, 3.8) is 0 Å². The summed E-state index contributed by atoms with van der Waals surface area (Å²) >= 11 is 0. The van der Waals surface area contributed by atoms with Gasteiger partial charge in [0.05, 0.1) is 0 Å². The van der Waals surface area contributed by atoms with Gasteiger partial charge in [0.25, 0.3) is 9.85 Å². The van der Waals surface area contributed by atoms with Gasteiger partial charge in [-0.1, -0.05) is 6.92 Å². The topological polar surface area (TPSA) is 0 Å². The van der Waals surface area contributed by atoms with Crippen molar-refractivity contribution >= 4 is 9.85 Å². The average Bonchev–Trinajstić information content (AvgIpc) is 1.37. The van der Waals surface area contributed by atoms with Gasteiger partial charge in [-0.05, 0) is 6.04 Å². The Morgan fingerprint density at radius 2 is 2.25 bits per heavy atom. The van der Waals surface area contributed by atoms with Crippen LogP contribution in [0.2, 0.25) is 6.04 Å². The molecular formula is C2H6FSi. The van der Waals surface area contributed by atoms with Crippen LogP contribution in [-0.4, -0.2) is 9.85 Å². The molecule has 0 saturated carbocycles. The minimum Gasteiger partial charge on any atom is -0.319 e. The fourth-order valence-corrected chi connectivity index (χ4v) is 0. The quantitative estimate of drug-likeness (QED) is 0.320. The second kappa shape index (κ2) is 3.15. The molecule has 0 N–H and O–H groups in total. The Morgan fingerprint density at radius 1 is 2.00 bits per heavy atom. The molecule has 4 heavy (non-hydrogen) atoms. The van der Waals surface area contributed by atoms with E-state index in [1.54, 1.807) is 0 Å². The first kappa shape index (κ1) is 4.15. The molecule has 0 amide bonds. The maximum atomic E-state index is 10.8. The van der Waals surface area contributed by atoms with Crippen LogP contribution in [0.3, 0.4) is 0 Å². The molecule has 0 spiro atoms. The number of hydrogen-bond acceptors (Lipinski definition) is 0. The molecule has 25 valence electrons. The van der Waals surface area contributed by atoms with Crippen molar-refractivity contribution in [2.45, 2.75) is 13.0 Å². The molecule has 0 aromatic rings. The summed E-state index contributed by atoms with van der Waals surface area (Å²) in [5, 5.41) is 0. The predicted molar refractivity (Wildman–Crippen MR) is 18.7 cm³/mol.